The van der Waals surface area contributed by atoms with E-state index in [1.165, 1.54) is 24.3 Å². The molecule has 0 radical (unpaired) electrons. The molecule has 1 amide bonds. The summed E-state index contributed by atoms with van der Waals surface area (Å²) in [7, 11) is 0. The van der Waals surface area contributed by atoms with Gasteiger partial charge in [0.05, 0.1) is 5.39 Å². The summed E-state index contributed by atoms with van der Waals surface area (Å²) < 4.78 is 18.1. The number of fused-ring (bicyclic) bond motifs is 1. The van der Waals surface area contributed by atoms with Gasteiger partial charge in [0.15, 0.2) is 5.76 Å². The molecule has 0 saturated carbocycles. The third kappa shape index (κ3) is 2.81. The maximum atomic E-state index is 13.1. The summed E-state index contributed by atoms with van der Waals surface area (Å²) in [6, 6.07) is 5.07. The van der Waals surface area contributed by atoms with E-state index >= 15 is 0 Å². The highest BCUT2D eigenvalue weighted by Crippen LogP contribution is 2.14. The van der Waals surface area contributed by atoms with E-state index in [1.54, 1.807) is 0 Å². The number of carbonyl (C=O) groups excluding carboxylic acids is 1. The Bertz CT molecular complexity index is 678. The number of rotatable bonds is 3. The van der Waals surface area contributed by atoms with E-state index < -0.39 is 17.3 Å². The van der Waals surface area contributed by atoms with Gasteiger partial charge in [-0.2, -0.15) is 0 Å². The minimum absolute atomic E-state index is 0.0268. The Kier molecular flexibility index (Phi) is 3.64. The first-order valence-corrected chi connectivity index (χ1v) is 6.05. The van der Waals surface area contributed by atoms with Gasteiger partial charge >= 0.3 is 5.63 Å². The summed E-state index contributed by atoms with van der Waals surface area (Å²) in [4.78, 5) is 23.6. The number of hydrogen-bond acceptors (Lipinski definition) is 3. The van der Waals surface area contributed by atoms with Gasteiger partial charge in [0, 0.05) is 6.04 Å². The molecule has 0 aliphatic rings. The lowest BCUT2D eigenvalue weighted by atomic mass is 10.1. The molecule has 1 atom stereocenters. The fourth-order valence-corrected chi connectivity index (χ4v) is 1.67. The summed E-state index contributed by atoms with van der Waals surface area (Å²) in [5.74, 6) is -1.05. The van der Waals surface area contributed by atoms with Crippen molar-refractivity contribution in [2.75, 3.05) is 0 Å². The molecule has 1 aromatic heterocycles. The maximum absolute atomic E-state index is 13.1. The van der Waals surface area contributed by atoms with Crippen molar-refractivity contribution in [2.45, 2.75) is 26.3 Å². The largest absolute Gasteiger partial charge is 0.417 e. The average Bonchev–Trinajstić information content (AvgIpc) is 2.37. The summed E-state index contributed by atoms with van der Waals surface area (Å²) in [6.45, 7) is 3.77. The predicted molar refractivity (Wildman–Crippen MR) is 69.7 cm³/mol. The van der Waals surface area contributed by atoms with Gasteiger partial charge in [-0.1, -0.05) is 6.92 Å². The van der Waals surface area contributed by atoms with Crippen molar-refractivity contribution < 1.29 is 13.6 Å². The van der Waals surface area contributed by atoms with Crippen molar-refractivity contribution in [2.24, 2.45) is 0 Å². The van der Waals surface area contributed by atoms with Crippen molar-refractivity contribution in [1.29, 1.82) is 0 Å². The monoisotopic (exact) mass is 263 g/mol. The van der Waals surface area contributed by atoms with Crippen molar-refractivity contribution in [3.05, 3.63) is 46.3 Å². The van der Waals surface area contributed by atoms with E-state index in [4.69, 9.17) is 4.42 Å². The first kappa shape index (κ1) is 13.3. The highest BCUT2D eigenvalue weighted by atomic mass is 19.1. The minimum Gasteiger partial charge on any atom is -0.417 e. The summed E-state index contributed by atoms with van der Waals surface area (Å²) in [6.07, 6.45) is 0.762. The van der Waals surface area contributed by atoms with Crippen LogP contribution in [0.4, 0.5) is 4.39 Å². The molecular weight excluding hydrogens is 249 g/mol. The molecule has 0 fully saturated rings. The molecule has 1 aromatic carbocycles. The van der Waals surface area contributed by atoms with Crippen LogP contribution in [0.15, 0.2) is 33.5 Å². The molecule has 0 bridgehead atoms. The average molecular weight is 263 g/mol. The van der Waals surface area contributed by atoms with Crippen LogP contribution in [-0.4, -0.2) is 11.9 Å². The van der Waals surface area contributed by atoms with Crippen LogP contribution in [0.2, 0.25) is 0 Å². The molecule has 5 heteroatoms. The number of nitrogens with one attached hydrogen (secondary N) is 1. The molecule has 1 unspecified atom stereocenters. The molecular formula is C14H14FNO3. The predicted octanol–water partition coefficient (Wildman–Crippen LogP) is 2.46. The molecule has 2 aromatic rings. The van der Waals surface area contributed by atoms with Gasteiger partial charge in [0.2, 0.25) is 0 Å². The third-order valence-corrected chi connectivity index (χ3v) is 2.94. The SMILES string of the molecule is CCC(C)NC(=O)c1cc2cc(F)ccc2c(=O)o1. The van der Waals surface area contributed by atoms with Gasteiger partial charge in [-0.15, -0.1) is 0 Å². The van der Waals surface area contributed by atoms with Crippen LogP contribution in [-0.2, 0) is 0 Å². The van der Waals surface area contributed by atoms with Gasteiger partial charge in [-0.25, -0.2) is 9.18 Å². The Morgan fingerprint density at radius 2 is 2.16 bits per heavy atom. The van der Waals surface area contributed by atoms with Crippen LogP contribution in [0.5, 0.6) is 0 Å². The van der Waals surface area contributed by atoms with Crippen molar-refractivity contribution in [3.8, 4) is 0 Å². The molecule has 100 valence electrons. The molecule has 0 aliphatic heterocycles. The second kappa shape index (κ2) is 5.22. The van der Waals surface area contributed by atoms with E-state index in [9.17, 15) is 14.0 Å². The first-order valence-electron chi connectivity index (χ1n) is 6.05. The zero-order valence-corrected chi connectivity index (χ0v) is 10.7. The van der Waals surface area contributed by atoms with Crippen molar-refractivity contribution in [1.82, 2.24) is 5.32 Å². The van der Waals surface area contributed by atoms with Crippen LogP contribution >= 0.6 is 0 Å². The molecule has 0 spiro atoms. The maximum Gasteiger partial charge on any atom is 0.344 e. The first-order chi connectivity index (χ1) is 9.01. The molecule has 2 rings (SSSR count). The number of amides is 1. The lowest BCUT2D eigenvalue weighted by molar-refractivity contribution is 0.0907. The number of benzene rings is 1. The Labute approximate surface area is 109 Å². The quantitative estimate of drug-likeness (QED) is 0.925. The molecule has 19 heavy (non-hydrogen) atoms. The lowest BCUT2D eigenvalue weighted by Crippen LogP contribution is -2.32. The summed E-state index contributed by atoms with van der Waals surface area (Å²) in [5, 5.41) is 3.29. The Morgan fingerprint density at radius 3 is 2.84 bits per heavy atom. The zero-order chi connectivity index (χ0) is 14.0. The van der Waals surface area contributed by atoms with Gasteiger partial charge in [-0.3, -0.25) is 4.79 Å². The Morgan fingerprint density at radius 1 is 1.42 bits per heavy atom. The second-order valence-electron chi connectivity index (χ2n) is 4.41. The normalized spacial score (nSPS) is 12.4. The fraction of sp³-hybridized carbons (Fsp3) is 0.286. The van der Waals surface area contributed by atoms with Crippen LogP contribution in [0.25, 0.3) is 10.8 Å². The van der Waals surface area contributed by atoms with Crippen LogP contribution < -0.4 is 10.9 Å². The van der Waals surface area contributed by atoms with E-state index in [1.807, 2.05) is 13.8 Å². The molecule has 4 nitrogen and oxygen atoms in total. The van der Waals surface area contributed by atoms with Crippen LogP contribution in [0.1, 0.15) is 30.8 Å². The third-order valence-electron chi connectivity index (χ3n) is 2.94. The zero-order valence-electron chi connectivity index (χ0n) is 10.7. The highest BCUT2D eigenvalue weighted by molar-refractivity contribution is 5.95. The second-order valence-corrected chi connectivity index (χ2v) is 4.41. The standard InChI is InChI=1S/C14H14FNO3/c1-3-8(2)16-13(17)12-7-9-6-10(15)4-5-11(9)14(18)19-12/h4-8H,3H2,1-2H3,(H,16,17). The Hall–Kier alpha value is -2.17. The molecule has 1 heterocycles. The summed E-state index contributed by atoms with van der Waals surface area (Å²) >= 11 is 0. The van der Waals surface area contributed by atoms with Crippen LogP contribution in [0.3, 0.4) is 0 Å². The molecule has 1 N–H and O–H groups in total. The number of halogens is 1. The van der Waals surface area contributed by atoms with Crippen molar-refractivity contribution in [3.63, 3.8) is 0 Å². The van der Waals surface area contributed by atoms with E-state index in [-0.39, 0.29) is 17.2 Å². The molecule has 0 aliphatic carbocycles. The van der Waals surface area contributed by atoms with Gasteiger partial charge in [0.25, 0.3) is 5.91 Å². The minimum atomic E-state index is -0.646. The smallest absolute Gasteiger partial charge is 0.344 e. The number of hydrogen-bond donors (Lipinski definition) is 1. The summed E-state index contributed by atoms with van der Waals surface area (Å²) in [5.41, 5.74) is -0.646. The van der Waals surface area contributed by atoms with Crippen molar-refractivity contribution >= 4 is 16.7 Å². The highest BCUT2D eigenvalue weighted by Gasteiger charge is 2.14. The topological polar surface area (TPSA) is 59.3 Å². The van der Waals surface area contributed by atoms with E-state index in [2.05, 4.69) is 5.32 Å². The Balaban J connectivity index is 2.45. The van der Waals surface area contributed by atoms with E-state index in [0.29, 0.717) is 5.39 Å². The van der Waals surface area contributed by atoms with Gasteiger partial charge < -0.3 is 9.73 Å². The van der Waals surface area contributed by atoms with Gasteiger partial charge in [0.1, 0.15) is 5.82 Å². The number of carbonyl (C=O) groups is 1. The molecule has 0 saturated heterocycles. The van der Waals surface area contributed by atoms with Crippen LogP contribution in [0, 0.1) is 5.82 Å². The van der Waals surface area contributed by atoms with E-state index in [0.717, 1.165) is 6.42 Å². The fourth-order valence-electron chi connectivity index (χ4n) is 1.67. The van der Waals surface area contributed by atoms with Gasteiger partial charge in [-0.05, 0) is 43.0 Å². The lowest BCUT2D eigenvalue weighted by Gasteiger charge is -2.10.